The van der Waals surface area contributed by atoms with Gasteiger partial charge < -0.3 is 20.6 Å². The molecule has 3 saturated heterocycles. The number of aliphatic hydroxyl groups is 1. The van der Waals surface area contributed by atoms with E-state index < -0.39 is 33.4 Å². The smallest absolute Gasteiger partial charge is 0.245 e. The molecular weight excluding hydrogens is 528 g/mol. The van der Waals surface area contributed by atoms with E-state index >= 15 is 0 Å². The second kappa shape index (κ2) is 9.88. The molecule has 0 radical (unpaired) electrons. The summed E-state index contributed by atoms with van der Waals surface area (Å²) in [5.41, 5.74) is 2.18. The largest absolute Gasteiger partial charge is 0.394 e. The van der Waals surface area contributed by atoms with Crippen molar-refractivity contribution in [3.05, 3.63) is 54.6 Å². The molecule has 3 aromatic rings. The third-order valence-corrected chi connectivity index (χ3v) is 10.9. The number of carbonyl (C=O) groups is 3. The van der Waals surface area contributed by atoms with Gasteiger partial charge in [-0.05, 0) is 49.9 Å². The van der Waals surface area contributed by atoms with Crippen molar-refractivity contribution in [2.75, 3.05) is 11.9 Å². The maximum Gasteiger partial charge on any atom is 0.245 e. The van der Waals surface area contributed by atoms with Gasteiger partial charge in [-0.2, -0.15) is 0 Å². The minimum atomic E-state index is -0.833. The standard InChI is InChI=1S/C29H34N6O4S/c1-17(2)21(15-36)35-24(26(38)30-16-34-20-12-8-7-11-19(20)32-33-34)29-14-13-28(3,40-29)22(23(29)27(35)39)25(37)31-18-9-5-4-6-10-18/h4-12,17,21-24,36H,13-16H2,1-3H3,(H,30,38)(H,31,37)/t21-,22+,23-,24?,28-,29?/m0/s1. The molecule has 4 heterocycles. The molecule has 210 valence electrons. The van der Waals surface area contributed by atoms with Crippen LogP contribution in [0.1, 0.15) is 33.6 Å². The Balaban J connectivity index is 1.35. The summed E-state index contributed by atoms with van der Waals surface area (Å²) in [6.07, 6.45) is 1.35. The van der Waals surface area contributed by atoms with Crippen LogP contribution in [-0.2, 0) is 21.1 Å². The lowest BCUT2D eigenvalue weighted by atomic mass is 9.66. The van der Waals surface area contributed by atoms with Crippen LogP contribution in [0.5, 0.6) is 0 Å². The van der Waals surface area contributed by atoms with Gasteiger partial charge in [0.15, 0.2) is 0 Å². The van der Waals surface area contributed by atoms with Gasteiger partial charge in [0.25, 0.3) is 0 Å². The monoisotopic (exact) mass is 562 g/mol. The average molecular weight is 563 g/mol. The number of fused-ring (bicyclic) bond motifs is 2. The fourth-order valence-corrected chi connectivity index (χ4v) is 9.41. The lowest BCUT2D eigenvalue weighted by molar-refractivity contribution is -0.143. The topological polar surface area (TPSA) is 129 Å². The molecular formula is C29H34N6O4S. The zero-order chi connectivity index (χ0) is 28.2. The van der Waals surface area contributed by atoms with E-state index in [9.17, 15) is 19.5 Å². The highest BCUT2D eigenvalue weighted by atomic mass is 32.2. The molecule has 2 aromatic carbocycles. The predicted octanol–water partition coefficient (Wildman–Crippen LogP) is 2.64. The Morgan fingerprint density at radius 2 is 1.82 bits per heavy atom. The van der Waals surface area contributed by atoms with Crippen LogP contribution in [0.15, 0.2) is 54.6 Å². The Kier molecular flexibility index (Phi) is 6.61. The third-order valence-electron chi connectivity index (χ3n) is 8.92. The fourth-order valence-electron chi connectivity index (χ4n) is 7.07. The van der Waals surface area contributed by atoms with Crippen LogP contribution >= 0.6 is 11.8 Å². The molecule has 2 bridgehead atoms. The molecule has 40 heavy (non-hydrogen) atoms. The highest BCUT2D eigenvalue weighted by Gasteiger charge is 2.77. The van der Waals surface area contributed by atoms with Crippen molar-refractivity contribution in [1.82, 2.24) is 25.2 Å². The number of nitrogens with zero attached hydrogens (tertiary/aromatic N) is 4. The fraction of sp³-hybridized carbons (Fsp3) is 0.483. The van der Waals surface area contributed by atoms with E-state index in [0.29, 0.717) is 18.5 Å². The first-order valence-electron chi connectivity index (χ1n) is 13.8. The molecule has 10 nitrogen and oxygen atoms in total. The SMILES string of the molecule is CC(C)[C@H](CO)N1C(=O)[C@@H]2[C@H](C(=O)Nc3ccccc3)[C@]3(C)CCC2(S3)C1C(=O)NCn1nnc2ccccc21. The van der Waals surface area contributed by atoms with Crippen LogP contribution in [0.2, 0.25) is 0 Å². The first-order chi connectivity index (χ1) is 19.2. The van der Waals surface area contributed by atoms with Gasteiger partial charge in [0.05, 0.1) is 34.7 Å². The van der Waals surface area contributed by atoms with Crippen LogP contribution in [0.3, 0.4) is 0 Å². The van der Waals surface area contributed by atoms with Crippen LogP contribution in [0.25, 0.3) is 11.0 Å². The Labute approximate surface area is 236 Å². The highest BCUT2D eigenvalue weighted by molar-refractivity contribution is 8.02. The average Bonchev–Trinajstić information content (AvgIpc) is 3.64. The molecule has 3 aliphatic rings. The molecule has 1 spiro atoms. The van der Waals surface area contributed by atoms with Crippen molar-refractivity contribution in [2.24, 2.45) is 17.8 Å². The Hall–Kier alpha value is -3.44. The van der Waals surface area contributed by atoms with E-state index in [1.165, 1.54) is 0 Å². The maximum atomic E-state index is 14.3. The summed E-state index contributed by atoms with van der Waals surface area (Å²) in [5, 5.41) is 24.8. The summed E-state index contributed by atoms with van der Waals surface area (Å²) >= 11 is 1.61. The van der Waals surface area contributed by atoms with E-state index in [1.54, 1.807) is 21.3 Å². The molecule has 3 aliphatic heterocycles. The number of nitrogens with one attached hydrogen (secondary N) is 2. The number of aliphatic hydroxyl groups excluding tert-OH is 1. The van der Waals surface area contributed by atoms with E-state index in [1.807, 2.05) is 75.4 Å². The quantitative estimate of drug-likeness (QED) is 0.385. The highest BCUT2D eigenvalue weighted by Crippen LogP contribution is 2.71. The van der Waals surface area contributed by atoms with Gasteiger partial charge >= 0.3 is 0 Å². The molecule has 3 amide bonds. The summed E-state index contributed by atoms with van der Waals surface area (Å²) < 4.78 is 0.353. The molecule has 1 aromatic heterocycles. The first-order valence-corrected chi connectivity index (χ1v) is 14.6. The minimum absolute atomic E-state index is 0.0873. The number of likely N-dealkylation sites (tertiary alicyclic amines) is 1. The Morgan fingerprint density at radius 1 is 1.10 bits per heavy atom. The van der Waals surface area contributed by atoms with Gasteiger partial charge in [0.1, 0.15) is 18.2 Å². The maximum absolute atomic E-state index is 14.3. The molecule has 6 atom stereocenters. The van der Waals surface area contributed by atoms with E-state index in [0.717, 1.165) is 11.0 Å². The van der Waals surface area contributed by atoms with Gasteiger partial charge in [-0.1, -0.05) is 49.4 Å². The van der Waals surface area contributed by atoms with Crippen molar-refractivity contribution in [2.45, 2.75) is 61.9 Å². The van der Waals surface area contributed by atoms with Crippen LogP contribution < -0.4 is 10.6 Å². The lowest BCUT2D eigenvalue weighted by Crippen LogP contribution is -2.57. The second-order valence-electron chi connectivity index (χ2n) is 11.6. The number of amides is 3. The Morgan fingerprint density at radius 3 is 2.55 bits per heavy atom. The number of carbonyl (C=O) groups excluding carboxylic acids is 3. The number of hydrogen-bond donors (Lipinski definition) is 3. The molecule has 11 heteroatoms. The second-order valence-corrected chi connectivity index (χ2v) is 13.5. The van der Waals surface area contributed by atoms with Gasteiger partial charge in [0.2, 0.25) is 17.7 Å². The van der Waals surface area contributed by atoms with Gasteiger partial charge in [-0.25, -0.2) is 4.68 Å². The number of anilines is 1. The van der Waals surface area contributed by atoms with Gasteiger partial charge in [-0.3, -0.25) is 14.4 Å². The third kappa shape index (κ3) is 4.01. The number of rotatable bonds is 8. The van der Waals surface area contributed by atoms with E-state index in [-0.39, 0.29) is 36.9 Å². The summed E-state index contributed by atoms with van der Waals surface area (Å²) in [4.78, 5) is 43.8. The number of hydrogen-bond acceptors (Lipinski definition) is 7. The summed E-state index contributed by atoms with van der Waals surface area (Å²) in [6, 6.07) is 15.3. The molecule has 3 N–H and O–H groups in total. The summed E-state index contributed by atoms with van der Waals surface area (Å²) in [6.45, 7) is 5.72. The van der Waals surface area contributed by atoms with Gasteiger partial charge in [0, 0.05) is 10.4 Å². The number of benzene rings is 2. The molecule has 3 fully saturated rings. The predicted molar refractivity (Wildman–Crippen MR) is 152 cm³/mol. The summed E-state index contributed by atoms with van der Waals surface area (Å²) in [7, 11) is 0. The van der Waals surface area contributed by atoms with E-state index in [4.69, 9.17) is 0 Å². The molecule has 6 rings (SSSR count). The van der Waals surface area contributed by atoms with Crippen LogP contribution in [0, 0.1) is 17.8 Å². The minimum Gasteiger partial charge on any atom is -0.394 e. The molecule has 2 unspecified atom stereocenters. The van der Waals surface area contributed by atoms with Crippen LogP contribution in [-0.4, -0.2) is 70.9 Å². The number of aromatic nitrogens is 3. The van der Waals surface area contributed by atoms with Crippen LogP contribution in [0.4, 0.5) is 5.69 Å². The van der Waals surface area contributed by atoms with Crippen molar-refractivity contribution < 1.29 is 19.5 Å². The summed E-state index contributed by atoms with van der Waals surface area (Å²) in [5.74, 6) is -2.12. The number of para-hydroxylation sites is 2. The normalized spacial score (nSPS) is 29.7. The van der Waals surface area contributed by atoms with Crippen molar-refractivity contribution in [3.8, 4) is 0 Å². The first kappa shape index (κ1) is 26.8. The lowest BCUT2D eigenvalue weighted by Gasteiger charge is -2.38. The van der Waals surface area contributed by atoms with E-state index in [2.05, 4.69) is 20.9 Å². The molecule has 0 aliphatic carbocycles. The zero-order valence-electron chi connectivity index (χ0n) is 22.8. The van der Waals surface area contributed by atoms with Crippen molar-refractivity contribution >= 4 is 46.2 Å². The molecule has 0 saturated carbocycles. The van der Waals surface area contributed by atoms with Gasteiger partial charge in [-0.15, -0.1) is 16.9 Å². The number of thioether (sulfide) groups is 1. The zero-order valence-corrected chi connectivity index (χ0v) is 23.6. The van der Waals surface area contributed by atoms with Crippen molar-refractivity contribution in [1.29, 1.82) is 0 Å². The van der Waals surface area contributed by atoms with Crippen molar-refractivity contribution in [3.63, 3.8) is 0 Å². The Bertz CT molecular complexity index is 1460.